The predicted octanol–water partition coefficient (Wildman–Crippen LogP) is -1.95. The number of hydrogen-bond acceptors (Lipinski definition) is 19. The van der Waals surface area contributed by atoms with Crippen molar-refractivity contribution >= 4 is 103 Å². The molecule has 35 nitrogen and oxygen atoms in total. The summed E-state index contributed by atoms with van der Waals surface area (Å²) in [6.45, 7) is 9.36. The first-order chi connectivity index (χ1) is 45.2. The van der Waals surface area contributed by atoms with Gasteiger partial charge in [0, 0.05) is 103 Å². The summed E-state index contributed by atoms with van der Waals surface area (Å²) in [6, 6.07) is -3.56. The van der Waals surface area contributed by atoms with Gasteiger partial charge in [0.2, 0.25) is 29.5 Å². The molecule has 97 heavy (non-hydrogen) atoms. The lowest BCUT2D eigenvalue weighted by molar-refractivity contribution is -0.142. The lowest BCUT2D eigenvalue weighted by atomic mass is 10.1. The summed E-state index contributed by atoms with van der Waals surface area (Å²) >= 11 is 0. The highest BCUT2D eigenvalue weighted by atomic mass is 28.4. The summed E-state index contributed by atoms with van der Waals surface area (Å²) in [4.78, 5) is 192. The summed E-state index contributed by atoms with van der Waals surface area (Å²) in [5, 5.41) is 93.8. The third-order valence-electron chi connectivity index (χ3n) is 15.7. The van der Waals surface area contributed by atoms with Gasteiger partial charge in [-0.1, -0.05) is 53.7 Å². The second-order valence-corrected chi connectivity index (χ2v) is 30.3. The van der Waals surface area contributed by atoms with Gasteiger partial charge in [-0.2, -0.15) is 0 Å². The maximum Gasteiger partial charge on any atom is 0.326 e. The average molecular weight is 1400 g/mol. The molecule has 8 amide bonds. The number of carboxylic acid groups (broad SMARTS) is 8. The molecule has 1 aromatic rings. The van der Waals surface area contributed by atoms with E-state index < -0.39 is 183 Å². The van der Waals surface area contributed by atoms with E-state index in [1.54, 1.807) is 61.1 Å². The van der Waals surface area contributed by atoms with Crippen molar-refractivity contribution in [3.05, 3.63) is 29.8 Å². The topological polar surface area (TPSA) is 527 Å². The van der Waals surface area contributed by atoms with E-state index in [1.165, 1.54) is 24.3 Å². The highest BCUT2D eigenvalue weighted by Gasteiger charge is 2.56. The second kappa shape index (κ2) is 41.2. The zero-order valence-corrected chi connectivity index (χ0v) is 56.4. The molecule has 37 heteroatoms. The second-order valence-electron chi connectivity index (χ2n) is 25.4. The molecule has 544 valence electrons. The molecular formula is C60H95FN12O23Si. The van der Waals surface area contributed by atoms with E-state index in [2.05, 4.69) is 31.9 Å². The Hall–Kier alpha value is -8.94. The minimum Gasteiger partial charge on any atom is -0.481 e. The third-order valence-corrected chi connectivity index (χ3v) is 20.9. The summed E-state index contributed by atoms with van der Waals surface area (Å²) < 4.78 is 17.2. The number of unbranched alkanes of at least 4 members (excludes halogenated alkanes) is 1. The minimum atomic E-state index is -3.78. The van der Waals surface area contributed by atoms with Crippen molar-refractivity contribution in [1.82, 2.24) is 62.1 Å². The van der Waals surface area contributed by atoms with Gasteiger partial charge in [0.1, 0.15) is 30.2 Å². The van der Waals surface area contributed by atoms with Crippen LogP contribution in [0.4, 0.5) is 8.90 Å². The van der Waals surface area contributed by atoms with E-state index in [-0.39, 0.29) is 129 Å². The van der Waals surface area contributed by atoms with Gasteiger partial charge in [-0.15, -0.1) is 0 Å². The van der Waals surface area contributed by atoms with Crippen molar-refractivity contribution in [2.45, 2.75) is 152 Å². The Balaban J connectivity index is 2.09. The van der Waals surface area contributed by atoms with Gasteiger partial charge in [0.05, 0.1) is 26.2 Å². The SMILES string of the molecule is CC(C)(C)[Si](F)(c1ccc(C(=O)N[C@@H](CNC(=O)CN2CCN(CC(=O)O)CCN(CC(=O)O)CCN(CC(=O)O)CC2)C(=O)N[C@H](CCCCNC(=O)CCC(=O)NCCC[C@@H](NC(=O)CC[C@H](NC(=O)N[C@@H](CCC(=O)O)C(=O)O)C(=O)O)C(=O)O)C(=O)O)cc1)C(C)(C)C. The number of aliphatic carboxylic acids is 8. The highest BCUT2D eigenvalue weighted by Crippen LogP contribution is 2.51. The monoisotopic (exact) mass is 1400 g/mol. The Kier molecular flexibility index (Phi) is 35.8. The number of urea groups is 1. The first kappa shape index (κ1) is 84.1. The van der Waals surface area contributed by atoms with Gasteiger partial charge in [-0.25, -0.2) is 24.0 Å². The standard InChI is InChI=1S/C60H95FN12O23Si/c1-59(2,3)97(61,60(4,5)6)38-14-12-37(13-15-38)52(86)67-43(32-64-47(77)33-70-24-26-71(34-49(80)81)28-30-73(36-51(84)85)31-29-72(27-25-70)35-50(82)83)53(87)66-40(55(90)91)10-7-8-22-62-44(74)19-20-45(75)63-23-9-11-39(54(88)89)65-46(76)18-16-41(56(92)93)68-58(96)69-42(57(94)95)17-21-48(78)79/h12-15,39-43H,7-11,16-36H2,1-6H3,(H,62,74)(H,63,75)(H,64,77)(H,65,76)(H,66,87)(H,67,86)(H,78,79)(H,80,81)(H,82,83)(H,84,85)(H,88,89)(H,90,91)(H,92,93)(H,94,95)(H2,68,69,96)/t39-,40-,41+,42+,43+/m1/s1. The number of benzene rings is 1. The Morgan fingerprint density at radius 2 is 0.794 bits per heavy atom. The molecule has 0 radical (unpaired) electrons. The zero-order chi connectivity index (χ0) is 73.4. The van der Waals surface area contributed by atoms with Crippen LogP contribution in [0.5, 0.6) is 0 Å². The summed E-state index contributed by atoms with van der Waals surface area (Å²) in [7, 11) is -3.78. The smallest absolute Gasteiger partial charge is 0.326 e. The van der Waals surface area contributed by atoms with Crippen molar-refractivity contribution in [2.75, 3.05) is 98.2 Å². The lowest BCUT2D eigenvalue weighted by Crippen LogP contribution is -2.58. The fourth-order valence-electron chi connectivity index (χ4n) is 10.7. The molecule has 1 saturated heterocycles. The quantitative estimate of drug-likeness (QED) is 0.0193. The fourth-order valence-corrected chi connectivity index (χ4v) is 15.3. The van der Waals surface area contributed by atoms with E-state index in [4.69, 9.17) is 5.11 Å². The van der Waals surface area contributed by atoms with E-state index in [1.807, 2.05) is 10.6 Å². The van der Waals surface area contributed by atoms with Gasteiger partial charge in [-0.05, 0) is 72.3 Å². The number of hydrogen-bond donors (Lipinski definition) is 16. The van der Waals surface area contributed by atoms with Crippen LogP contribution in [-0.4, -0.2) is 286 Å². The van der Waals surface area contributed by atoms with Gasteiger partial charge >= 0.3 is 53.8 Å². The third kappa shape index (κ3) is 32.1. The van der Waals surface area contributed by atoms with Gasteiger partial charge in [0.15, 0.2) is 0 Å². The molecule has 5 atom stereocenters. The van der Waals surface area contributed by atoms with E-state index in [0.717, 1.165) is 0 Å². The fraction of sp³-hybridized carbons (Fsp3) is 0.650. The van der Waals surface area contributed by atoms with Crippen LogP contribution in [0.15, 0.2) is 24.3 Å². The lowest BCUT2D eigenvalue weighted by Gasteiger charge is -2.44. The van der Waals surface area contributed by atoms with Gasteiger partial charge in [0.25, 0.3) is 14.3 Å². The molecule has 1 aliphatic heterocycles. The van der Waals surface area contributed by atoms with Crippen LogP contribution in [0.2, 0.25) is 10.1 Å². The van der Waals surface area contributed by atoms with Crippen LogP contribution in [0.1, 0.15) is 123 Å². The Morgan fingerprint density at radius 3 is 1.20 bits per heavy atom. The molecule has 0 bridgehead atoms. The van der Waals surface area contributed by atoms with Crippen LogP contribution in [0.25, 0.3) is 0 Å². The molecule has 1 heterocycles. The molecule has 1 fully saturated rings. The van der Waals surface area contributed by atoms with Crippen molar-refractivity contribution in [3.8, 4) is 0 Å². The molecule has 0 spiro atoms. The van der Waals surface area contributed by atoms with Crippen LogP contribution in [0.3, 0.4) is 0 Å². The molecular weight excluding hydrogens is 1300 g/mol. The first-order valence-electron chi connectivity index (χ1n) is 31.5. The van der Waals surface area contributed by atoms with Crippen molar-refractivity contribution < 1.29 is 117 Å². The maximum absolute atomic E-state index is 17.2. The number of rotatable bonds is 40. The van der Waals surface area contributed by atoms with E-state index in [9.17, 15) is 108 Å². The number of carbonyl (C=O) groups is 15. The molecule has 0 unspecified atom stereocenters. The summed E-state index contributed by atoms with van der Waals surface area (Å²) in [6.07, 6.45) is -3.00. The minimum absolute atomic E-state index is 0.00322. The van der Waals surface area contributed by atoms with E-state index in [0.29, 0.717) is 5.19 Å². The number of carboxylic acids is 8. The Bertz CT molecular complexity index is 2870. The highest BCUT2D eigenvalue weighted by molar-refractivity contribution is 6.90. The number of halogens is 1. The average Bonchev–Trinajstić information content (AvgIpc) is 0.749. The normalized spacial score (nSPS) is 15.5. The molecule has 1 aliphatic rings. The number of nitrogens with one attached hydrogen (secondary N) is 8. The molecule has 1 aromatic carbocycles. The first-order valence-corrected chi connectivity index (χ1v) is 33.4. The Morgan fingerprint density at radius 1 is 0.412 bits per heavy atom. The zero-order valence-electron chi connectivity index (χ0n) is 55.4. The van der Waals surface area contributed by atoms with Crippen LogP contribution < -0.4 is 47.7 Å². The molecule has 2 rings (SSSR count). The largest absolute Gasteiger partial charge is 0.481 e. The molecule has 0 aromatic heterocycles. The van der Waals surface area contributed by atoms with E-state index >= 15 is 4.11 Å². The molecule has 16 N–H and O–H groups in total. The van der Waals surface area contributed by atoms with Gasteiger partial charge in [-0.3, -0.25) is 67.5 Å². The molecule has 0 aliphatic carbocycles. The number of carbonyl (C=O) groups excluding carboxylic acids is 7. The summed E-state index contributed by atoms with van der Waals surface area (Å²) in [5.74, 6) is -15.6. The maximum atomic E-state index is 17.2. The number of nitrogens with zero attached hydrogens (tertiary/aromatic N) is 4. The van der Waals surface area contributed by atoms with Crippen molar-refractivity contribution in [2.24, 2.45) is 0 Å². The number of amides is 8. The van der Waals surface area contributed by atoms with Gasteiger partial charge < -0.3 is 87.5 Å². The van der Waals surface area contributed by atoms with Crippen LogP contribution in [-0.2, 0) is 62.3 Å². The summed E-state index contributed by atoms with van der Waals surface area (Å²) in [5.41, 5.74) is 0.00322. The molecule has 0 saturated carbocycles. The predicted molar refractivity (Wildman–Crippen MR) is 343 cm³/mol. The van der Waals surface area contributed by atoms with Crippen LogP contribution in [0, 0.1) is 0 Å². The Labute approximate surface area is 560 Å². The van der Waals surface area contributed by atoms with Crippen LogP contribution >= 0.6 is 0 Å². The van der Waals surface area contributed by atoms with Crippen molar-refractivity contribution in [3.63, 3.8) is 0 Å². The van der Waals surface area contributed by atoms with Crippen molar-refractivity contribution in [1.29, 1.82) is 0 Å².